The maximum Gasteiger partial charge on any atom is 0.373 e. The first-order valence-electron chi connectivity index (χ1n) is 6.89. The Morgan fingerprint density at radius 2 is 2.24 bits per heavy atom. The zero-order chi connectivity index (χ0) is 14.8. The molecule has 1 N–H and O–H groups in total. The number of anilines is 1. The Morgan fingerprint density at radius 3 is 3.00 bits per heavy atom. The van der Waals surface area contributed by atoms with Gasteiger partial charge in [0.2, 0.25) is 5.82 Å². The van der Waals surface area contributed by atoms with Gasteiger partial charge in [0.25, 0.3) is 4.96 Å². The second kappa shape index (κ2) is 5.96. The van der Waals surface area contributed by atoms with Crippen LogP contribution in [0.1, 0.15) is 6.42 Å². The summed E-state index contributed by atoms with van der Waals surface area (Å²) in [6, 6.07) is 0. The number of nitro groups is 1. The normalized spacial score (nSPS) is 17.3. The van der Waals surface area contributed by atoms with E-state index < -0.39 is 0 Å². The first-order valence-corrected chi connectivity index (χ1v) is 7.77. The van der Waals surface area contributed by atoms with Gasteiger partial charge in [-0.1, -0.05) is 11.3 Å². The number of rotatable bonds is 4. The molecule has 0 saturated carbocycles. The van der Waals surface area contributed by atoms with Crippen LogP contribution >= 0.6 is 11.3 Å². The summed E-state index contributed by atoms with van der Waals surface area (Å²) in [5, 5.41) is 22.2. The fraction of sp³-hybridized carbons (Fsp3) is 0.583. The molecule has 0 amide bonds. The van der Waals surface area contributed by atoms with E-state index in [-0.39, 0.29) is 17.3 Å². The van der Waals surface area contributed by atoms with E-state index in [2.05, 4.69) is 9.88 Å². The second-order valence-corrected chi connectivity index (χ2v) is 5.85. The third kappa shape index (κ3) is 2.71. The average molecular weight is 311 g/mol. The topological polar surface area (TPSA) is 87.2 Å². The Hall–Kier alpha value is -1.71. The van der Waals surface area contributed by atoms with Crippen LogP contribution in [0.4, 0.5) is 11.6 Å². The van der Waals surface area contributed by atoms with Gasteiger partial charge < -0.3 is 20.1 Å². The summed E-state index contributed by atoms with van der Waals surface area (Å²) >= 11 is 1.39. The van der Waals surface area contributed by atoms with Crippen LogP contribution < -0.4 is 4.90 Å². The Balaban J connectivity index is 1.87. The van der Waals surface area contributed by atoms with Crippen molar-refractivity contribution in [3.63, 3.8) is 0 Å². The summed E-state index contributed by atoms with van der Waals surface area (Å²) < 4.78 is 1.54. The van der Waals surface area contributed by atoms with Gasteiger partial charge >= 0.3 is 5.82 Å². The number of imidazole rings is 1. The lowest BCUT2D eigenvalue weighted by Gasteiger charge is -2.20. The van der Waals surface area contributed by atoms with E-state index >= 15 is 0 Å². The summed E-state index contributed by atoms with van der Waals surface area (Å²) in [6.45, 7) is 3.89. The van der Waals surface area contributed by atoms with Gasteiger partial charge in [0, 0.05) is 31.6 Å². The quantitative estimate of drug-likeness (QED) is 0.664. The zero-order valence-electron chi connectivity index (χ0n) is 11.5. The molecule has 1 fully saturated rings. The highest BCUT2D eigenvalue weighted by Gasteiger charge is 2.28. The van der Waals surface area contributed by atoms with E-state index in [0.717, 1.165) is 26.1 Å². The molecule has 114 valence electrons. The molecule has 1 aliphatic rings. The van der Waals surface area contributed by atoms with Crippen molar-refractivity contribution in [2.75, 3.05) is 44.2 Å². The molecule has 0 radical (unpaired) electrons. The minimum Gasteiger partial charge on any atom is -0.395 e. The molecule has 1 saturated heterocycles. The van der Waals surface area contributed by atoms with Gasteiger partial charge in [-0.05, 0) is 17.9 Å². The molecule has 0 atom stereocenters. The van der Waals surface area contributed by atoms with Crippen molar-refractivity contribution in [3.8, 4) is 0 Å². The van der Waals surface area contributed by atoms with Crippen LogP contribution in [-0.4, -0.2) is 63.6 Å². The Labute approximate surface area is 125 Å². The molecule has 8 nitrogen and oxygen atoms in total. The van der Waals surface area contributed by atoms with Crippen molar-refractivity contribution in [2.24, 2.45) is 0 Å². The third-order valence-corrected chi connectivity index (χ3v) is 4.45. The summed E-state index contributed by atoms with van der Waals surface area (Å²) in [6.07, 6.45) is 2.59. The highest BCUT2D eigenvalue weighted by molar-refractivity contribution is 7.15. The highest BCUT2D eigenvalue weighted by atomic mass is 32.1. The molecule has 9 heteroatoms. The van der Waals surface area contributed by atoms with Crippen LogP contribution in [0.3, 0.4) is 0 Å². The van der Waals surface area contributed by atoms with Crippen LogP contribution in [0, 0.1) is 10.1 Å². The lowest BCUT2D eigenvalue weighted by molar-refractivity contribution is -0.389. The molecule has 0 bridgehead atoms. The Morgan fingerprint density at radius 1 is 1.38 bits per heavy atom. The van der Waals surface area contributed by atoms with E-state index in [1.165, 1.54) is 15.7 Å². The lowest BCUT2D eigenvalue weighted by Crippen LogP contribution is -2.32. The van der Waals surface area contributed by atoms with E-state index in [4.69, 9.17) is 5.11 Å². The summed E-state index contributed by atoms with van der Waals surface area (Å²) in [5.41, 5.74) is 0. The molecule has 2 aromatic rings. The first kappa shape index (κ1) is 14.2. The molecular weight excluding hydrogens is 294 g/mol. The van der Waals surface area contributed by atoms with Crippen LogP contribution in [0.5, 0.6) is 0 Å². The van der Waals surface area contributed by atoms with Gasteiger partial charge in [0.15, 0.2) is 0 Å². The molecule has 3 heterocycles. The summed E-state index contributed by atoms with van der Waals surface area (Å²) in [5.74, 6) is 0.500. The van der Waals surface area contributed by atoms with Gasteiger partial charge in [0.05, 0.1) is 6.61 Å². The number of fused-ring (bicyclic) bond motifs is 1. The maximum absolute atomic E-state index is 11.4. The van der Waals surface area contributed by atoms with Gasteiger partial charge in [-0.25, -0.2) is 0 Å². The molecule has 21 heavy (non-hydrogen) atoms. The predicted octanol–water partition coefficient (Wildman–Crippen LogP) is 0.808. The number of hydrogen-bond acceptors (Lipinski definition) is 7. The van der Waals surface area contributed by atoms with Crippen molar-refractivity contribution in [1.82, 2.24) is 14.3 Å². The monoisotopic (exact) mass is 311 g/mol. The van der Waals surface area contributed by atoms with Gasteiger partial charge in [-0.15, -0.1) is 0 Å². The van der Waals surface area contributed by atoms with Crippen molar-refractivity contribution in [2.45, 2.75) is 6.42 Å². The SMILES string of the molecule is O=[N+]([O-])c1c(N2CCCN(CCO)CC2)nc2sccn12. The van der Waals surface area contributed by atoms with E-state index in [1.54, 1.807) is 11.6 Å². The first-order chi connectivity index (χ1) is 10.2. The Bertz CT molecular complexity index is 640. The third-order valence-electron chi connectivity index (χ3n) is 3.70. The molecule has 0 unspecified atom stereocenters. The second-order valence-electron chi connectivity index (χ2n) is 4.98. The molecule has 0 aliphatic carbocycles. The number of aliphatic hydroxyl groups excluding tert-OH is 1. The van der Waals surface area contributed by atoms with Crippen LogP contribution in [0.15, 0.2) is 11.6 Å². The van der Waals surface area contributed by atoms with Gasteiger partial charge in [-0.2, -0.15) is 9.38 Å². The van der Waals surface area contributed by atoms with E-state index in [0.29, 0.717) is 23.9 Å². The zero-order valence-corrected chi connectivity index (χ0v) is 12.3. The predicted molar refractivity (Wildman–Crippen MR) is 80.1 cm³/mol. The number of aliphatic hydroxyl groups is 1. The van der Waals surface area contributed by atoms with Gasteiger partial charge in [0.1, 0.15) is 6.20 Å². The fourth-order valence-corrected chi connectivity index (χ4v) is 3.40. The molecule has 3 rings (SSSR count). The average Bonchev–Trinajstić information content (AvgIpc) is 2.94. The molecule has 0 spiro atoms. The van der Waals surface area contributed by atoms with Crippen molar-refractivity contribution in [3.05, 3.63) is 21.7 Å². The lowest BCUT2D eigenvalue weighted by atomic mass is 10.4. The number of hydrogen-bond donors (Lipinski definition) is 1. The fourth-order valence-electron chi connectivity index (χ4n) is 2.69. The maximum atomic E-state index is 11.4. The minimum atomic E-state index is -0.363. The van der Waals surface area contributed by atoms with E-state index in [9.17, 15) is 10.1 Å². The molecule has 1 aliphatic heterocycles. The minimum absolute atomic E-state index is 0.0434. The largest absolute Gasteiger partial charge is 0.395 e. The number of aromatic nitrogens is 2. The van der Waals surface area contributed by atoms with Crippen LogP contribution in [0.2, 0.25) is 0 Å². The highest BCUT2D eigenvalue weighted by Crippen LogP contribution is 2.31. The van der Waals surface area contributed by atoms with E-state index in [1.807, 2.05) is 4.90 Å². The summed E-state index contributed by atoms with van der Waals surface area (Å²) in [4.78, 5) is 20.2. The summed E-state index contributed by atoms with van der Waals surface area (Å²) in [7, 11) is 0. The Kier molecular flexibility index (Phi) is 4.04. The van der Waals surface area contributed by atoms with Crippen molar-refractivity contribution >= 4 is 27.9 Å². The van der Waals surface area contributed by atoms with Crippen LogP contribution in [-0.2, 0) is 0 Å². The van der Waals surface area contributed by atoms with Crippen LogP contribution in [0.25, 0.3) is 4.96 Å². The van der Waals surface area contributed by atoms with Crippen molar-refractivity contribution in [1.29, 1.82) is 0 Å². The molecular formula is C12H17N5O3S. The van der Waals surface area contributed by atoms with Gasteiger partial charge in [-0.3, -0.25) is 4.90 Å². The molecule has 0 aromatic carbocycles. The number of β-amino-alcohol motifs (C(OH)–C–C–N with tert-alkyl or cyclic N) is 1. The number of nitrogens with zero attached hydrogens (tertiary/aromatic N) is 5. The smallest absolute Gasteiger partial charge is 0.373 e. The van der Waals surface area contributed by atoms with Crippen molar-refractivity contribution < 1.29 is 10.0 Å². The molecule has 2 aromatic heterocycles. The standard InChI is InChI=1S/C12H17N5O3S/c18-8-6-14-2-1-3-15(5-4-14)10-11(17(19)20)16-7-9-21-12(16)13-10/h7,9,18H,1-6,8H2. The number of thiazole rings is 1.